The van der Waals surface area contributed by atoms with Gasteiger partial charge >= 0.3 is 0 Å². The minimum absolute atomic E-state index is 0.144. The second-order valence-electron chi connectivity index (χ2n) is 7.98. The van der Waals surface area contributed by atoms with Gasteiger partial charge in [0.1, 0.15) is 6.61 Å². The number of carbonyl (C=O) groups excluding carboxylic acids is 1. The molecule has 3 aromatic carbocycles. The van der Waals surface area contributed by atoms with Crippen LogP contribution in [0.2, 0.25) is 0 Å². The number of hydrogen-bond donors (Lipinski definition) is 0. The highest BCUT2D eigenvalue weighted by Gasteiger charge is 2.33. The van der Waals surface area contributed by atoms with Crippen molar-refractivity contribution in [2.45, 2.75) is 27.4 Å². The van der Waals surface area contributed by atoms with Crippen molar-refractivity contribution in [1.82, 2.24) is 0 Å². The molecule has 0 aliphatic carbocycles. The van der Waals surface area contributed by atoms with Gasteiger partial charge in [0.25, 0.3) is 5.91 Å². The number of rotatable bonds is 7. The van der Waals surface area contributed by atoms with Crippen molar-refractivity contribution in [2.75, 3.05) is 11.5 Å². The summed E-state index contributed by atoms with van der Waals surface area (Å²) in [6, 6.07) is 20.9. The SMILES string of the molecule is CCOc1cc(/C=C2/SC(=S)N(c3ccc(C)c(C)c3)C2=O)ccc1OCc1ccccc1C#N. The number of ether oxygens (including phenoxy) is 2. The van der Waals surface area contributed by atoms with E-state index in [0.29, 0.717) is 32.9 Å². The highest BCUT2D eigenvalue weighted by molar-refractivity contribution is 8.27. The lowest BCUT2D eigenvalue weighted by molar-refractivity contribution is -0.113. The predicted octanol–water partition coefficient (Wildman–Crippen LogP) is 6.56. The smallest absolute Gasteiger partial charge is 0.270 e. The summed E-state index contributed by atoms with van der Waals surface area (Å²) in [5.74, 6) is 0.995. The van der Waals surface area contributed by atoms with Crippen LogP contribution in [0.3, 0.4) is 0 Å². The maximum atomic E-state index is 13.2. The summed E-state index contributed by atoms with van der Waals surface area (Å²) < 4.78 is 12.3. The van der Waals surface area contributed by atoms with Crippen LogP contribution in [0.1, 0.15) is 34.7 Å². The fourth-order valence-electron chi connectivity index (χ4n) is 3.62. The zero-order valence-corrected chi connectivity index (χ0v) is 21.3. The molecule has 1 aliphatic heterocycles. The molecular formula is C28H24N2O3S2. The number of benzene rings is 3. The van der Waals surface area contributed by atoms with Gasteiger partial charge in [-0.25, -0.2) is 0 Å². The van der Waals surface area contributed by atoms with Crippen molar-refractivity contribution in [3.05, 3.63) is 93.4 Å². The second-order valence-corrected chi connectivity index (χ2v) is 9.66. The normalized spacial score (nSPS) is 14.3. The minimum atomic E-state index is -0.144. The van der Waals surface area contributed by atoms with E-state index in [1.54, 1.807) is 11.0 Å². The fourth-order valence-corrected chi connectivity index (χ4v) is 4.92. The van der Waals surface area contributed by atoms with Crippen LogP contribution >= 0.6 is 24.0 Å². The molecule has 0 radical (unpaired) electrons. The van der Waals surface area contributed by atoms with Gasteiger partial charge in [0.2, 0.25) is 0 Å². The zero-order valence-electron chi connectivity index (χ0n) is 19.7. The molecule has 7 heteroatoms. The first-order chi connectivity index (χ1) is 16.9. The molecule has 1 saturated heterocycles. The number of aryl methyl sites for hydroxylation is 2. The Kier molecular flexibility index (Phi) is 7.54. The summed E-state index contributed by atoms with van der Waals surface area (Å²) in [4.78, 5) is 15.3. The average molecular weight is 501 g/mol. The highest BCUT2D eigenvalue weighted by atomic mass is 32.2. The van der Waals surface area contributed by atoms with Gasteiger partial charge in [0.15, 0.2) is 15.8 Å². The maximum absolute atomic E-state index is 13.2. The number of thiocarbonyl (C=S) groups is 1. The number of amides is 1. The van der Waals surface area contributed by atoms with E-state index < -0.39 is 0 Å². The first-order valence-corrected chi connectivity index (χ1v) is 12.4. The molecule has 5 nitrogen and oxygen atoms in total. The largest absolute Gasteiger partial charge is 0.490 e. The lowest BCUT2D eigenvalue weighted by atomic mass is 10.1. The quantitative estimate of drug-likeness (QED) is 0.270. The van der Waals surface area contributed by atoms with Crippen LogP contribution in [0.4, 0.5) is 5.69 Å². The predicted molar refractivity (Wildman–Crippen MR) is 145 cm³/mol. The Hall–Kier alpha value is -3.60. The minimum Gasteiger partial charge on any atom is -0.490 e. The maximum Gasteiger partial charge on any atom is 0.270 e. The Balaban J connectivity index is 1.57. The first-order valence-electron chi connectivity index (χ1n) is 11.1. The van der Waals surface area contributed by atoms with Crippen LogP contribution in [0.15, 0.2) is 65.6 Å². The van der Waals surface area contributed by atoms with Crippen molar-refractivity contribution >= 4 is 46.0 Å². The van der Waals surface area contributed by atoms with Crippen LogP contribution in [0.5, 0.6) is 11.5 Å². The summed E-state index contributed by atoms with van der Waals surface area (Å²) in [7, 11) is 0. The Bertz CT molecular complexity index is 1370. The third-order valence-corrected chi connectivity index (χ3v) is 6.93. The van der Waals surface area contributed by atoms with Crippen LogP contribution in [-0.2, 0) is 11.4 Å². The van der Waals surface area contributed by atoms with Gasteiger partial charge in [-0.15, -0.1) is 0 Å². The number of thioether (sulfide) groups is 1. The van der Waals surface area contributed by atoms with E-state index in [-0.39, 0.29) is 12.5 Å². The van der Waals surface area contributed by atoms with Gasteiger partial charge in [0.05, 0.1) is 28.8 Å². The molecule has 3 aromatic rings. The number of nitrogens with zero attached hydrogens (tertiary/aromatic N) is 2. The molecule has 1 heterocycles. The van der Waals surface area contributed by atoms with Crippen molar-refractivity contribution in [2.24, 2.45) is 0 Å². The average Bonchev–Trinajstić information content (AvgIpc) is 3.13. The standard InChI is InChI=1S/C28H24N2O3S2/c1-4-32-25-14-20(10-12-24(25)33-17-22-8-6-5-7-21(22)16-29)15-26-27(31)30(28(34)35-26)23-11-9-18(2)19(3)13-23/h5-15H,4,17H2,1-3H3/b26-15+. The molecule has 1 fully saturated rings. The second kappa shape index (κ2) is 10.8. The molecule has 1 amide bonds. The molecular weight excluding hydrogens is 476 g/mol. The first kappa shape index (κ1) is 24.5. The molecule has 0 unspecified atom stereocenters. The van der Waals surface area contributed by atoms with Crippen LogP contribution in [-0.4, -0.2) is 16.8 Å². The lowest BCUT2D eigenvalue weighted by Gasteiger charge is -2.16. The van der Waals surface area contributed by atoms with Gasteiger partial charge in [-0.3, -0.25) is 9.69 Å². The van der Waals surface area contributed by atoms with Gasteiger partial charge in [-0.05, 0) is 73.9 Å². The topological polar surface area (TPSA) is 62.6 Å². The van der Waals surface area contributed by atoms with Crippen LogP contribution < -0.4 is 14.4 Å². The molecule has 0 aromatic heterocycles. The highest BCUT2D eigenvalue weighted by Crippen LogP contribution is 2.38. The summed E-state index contributed by atoms with van der Waals surface area (Å²) >= 11 is 6.80. The Morgan fingerprint density at radius 1 is 1.03 bits per heavy atom. The molecule has 0 bridgehead atoms. The Labute approximate surface area is 215 Å². The summed E-state index contributed by atoms with van der Waals surface area (Å²) in [5, 5.41) is 9.30. The number of hydrogen-bond acceptors (Lipinski definition) is 6. The lowest BCUT2D eigenvalue weighted by Crippen LogP contribution is -2.27. The van der Waals surface area contributed by atoms with Crippen molar-refractivity contribution < 1.29 is 14.3 Å². The zero-order chi connectivity index (χ0) is 24.9. The van der Waals surface area contributed by atoms with Crippen molar-refractivity contribution in [3.8, 4) is 17.6 Å². The third kappa shape index (κ3) is 5.40. The molecule has 0 N–H and O–H groups in total. The van der Waals surface area contributed by atoms with Gasteiger partial charge < -0.3 is 9.47 Å². The molecule has 4 rings (SSSR count). The number of anilines is 1. The van der Waals surface area contributed by atoms with Gasteiger partial charge in [-0.2, -0.15) is 5.26 Å². The summed E-state index contributed by atoms with van der Waals surface area (Å²) in [6.07, 6.45) is 1.82. The van der Waals surface area contributed by atoms with Gasteiger partial charge in [-0.1, -0.05) is 54.3 Å². The van der Waals surface area contributed by atoms with Crippen molar-refractivity contribution in [1.29, 1.82) is 5.26 Å². The van der Waals surface area contributed by atoms with E-state index >= 15 is 0 Å². The number of carbonyl (C=O) groups is 1. The van der Waals surface area contributed by atoms with Gasteiger partial charge in [0, 0.05) is 5.56 Å². The van der Waals surface area contributed by atoms with Crippen molar-refractivity contribution in [3.63, 3.8) is 0 Å². The Morgan fingerprint density at radius 2 is 1.83 bits per heavy atom. The van der Waals surface area contributed by atoms with Crippen LogP contribution in [0, 0.1) is 25.2 Å². The van der Waals surface area contributed by atoms with E-state index in [4.69, 9.17) is 21.7 Å². The monoisotopic (exact) mass is 500 g/mol. The van der Waals surface area contributed by atoms with E-state index in [0.717, 1.165) is 27.9 Å². The van der Waals surface area contributed by atoms with E-state index in [2.05, 4.69) is 6.07 Å². The molecule has 0 spiro atoms. The number of nitriles is 1. The molecule has 0 saturated carbocycles. The molecule has 35 heavy (non-hydrogen) atoms. The summed E-state index contributed by atoms with van der Waals surface area (Å²) in [5.41, 5.74) is 5.23. The van der Waals surface area contributed by atoms with E-state index in [1.807, 2.05) is 81.4 Å². The van der Waals surface area contributed by atoms with Crippen LogP contribution in [0.25, 0.3) is 6.08 Å². The van der Waals surface area contributed by atoms with E-state index in [9.17, 15) is 10.1 Å². The fraction of sp³-hybridized carbons (Fsp3) is 0.179. The third-order valence-electron chi connectivity index (χ3n) is 5.63. The van der Waals surface area contributed by atoms with E-state index in [1.165, 1.54) is 11.8 Å². The molecule has 0 atom stereocenters. The molecule has 176 valence electrons. The summed E-state index contributed by atoms with van der Waals surface area (Å²) in [6.45, 7) is 6.66. The Morgan fingerprint density at radius 3 is 2.57 bits per heavy atom. The molecule has 1 aliphatic rings.